The van der Waals surface area contributed by atoms with Crippen LogP contribution in [0.2, 0.25) is 0 Å². The number of ether oxygens (including phenoxy) is 2. The molecule has 180 valence electrons. The van der Waals surface area contributed by atoms with Gasteiger partial charge in [-0.15, -0.1) is 5.10 Å². The van der Waals surface area contributed by atoms with Crippen molar-refractivity contribution in [3.63, 3.8) is 0 Å². The Morgan fingerprint density at radius 1 is 0.946 bits per heavy atom. The third-order valence-corrected chi connectivity index (χ3v) is 6.80. The minimum Gasteiger partial charge on any atom is -0.497 e. The van der Waals surface area contributed by atoms with E-state index in [4.69, 9.17) is 24.0 Å². The Labute approximate surface area is 210 Å². The zero-order valence-electron chi connectivity index (χ0n) is 20.0. The van der Waals surface area contributed by atoms with Crippen LogP contribution in [0.3, 0.4) is 0 Å². The number of rotatable bonds is 3. The van der Waals surface area contributed by atoms with E-state index in [9.17, 15) is 4.79 Å². The lowest BCUT2D eigenvalue weighted by Crippen LogP contribution is -2.22. The van der Waals surface area contributed by atoms with E-state index in [0.717, 1.165) is 16.7 Å². The highest BCUT2D eigenvalue weighted by Gasteiger charge is 2.37. The van der Waals surface area contributed by atoms with E-state index in [2.05, 4.69) is 4.98 Å². The van der Waals surface area contributed by atoms with Crippen molar-refractivity contribution in [1.29, 1.82) is 0 Å². The van der Waals surface area contributed by atoms with Gasteiger partial charge in [-0.25, -0.2) is 19.3 Å². The monoisotopic (exact) mass is 488 g/mol. The highest BCUT2D eigenvalue weighted by atomic mass is 16.5. The minimum absolute atomic E-state index is 0.375. The fraction of sp³-hybridized carbons (Fsp3) is 0.103. The molecule has 6 aromatic rings. The van der Waals surface area contributed by atoms with Crippen molar-refractivity contribution in [2.24, 2.45) is 0 Å². The number of methoxy groups -OCH3 is 1. The van der Waals surface area contributed by atoms with Crippen LogP contribution in [0, 0.1) is 6.92 Å². The van der Waals surface area contributed by atoms with Crippen LogP contribution in [0.15, 0.2) is 88.3 Å². The molecule has 0 radical (unpaired) electrons. The van der Waals surface area contributed by atoms with Gasteiger partial charge >= 0.3 is 5.63 Å². The molecule has 1 aliphatic heterocycles. The summed E-state index contributed by atoms with van der Waals surface area (Å²) < 4.78 is 19.1. The van der Waals surface area contributed by atoms with Gasteiger partial charge in [-0.1, -0.05) is 48.5 Å². The predicted octanol–water partition coefficient (Wildman–Crippen LogP) is 5.50. The minimum atomic E-state index is -0.546. The average molecular weight is 489 g/mol. The molecule has 8 nitrogen and oxygen atoms in total. The smallest absolute Gasteiger partial charge is 0.344 e. The molecule has 8 heteroatoms. The van der Waals surface area contributed by atoms with Gasteiger partial charge in [0, 0.05) is 5.56 Å². The summed E-state index contributed by atoms with van der Waals surface area (Å²) in [5.41, 5.74) is 4.41. The molecule has 7 rings (SSSR count). The third kappa shape index (κ3) is 3.22. The van der Waals surface area contributed by atoms with Crippen LogP contribution in [-0.4, -0.2) is 26.7 Å². The third-order valence-electron chi connectivity index (χ3n) is 6.80. The Bertz CT molecular complexity index is 1890. The highest BCUT2D eigenvalue weighted by Crippen LogP contribution is 2.49. The Morgan fingerprint density at radius 3 is 2.54 bits per heavy atom. The maximum Gasteiger partial charge on any atom is 0.344 e. The predicted molar refractivity (Wildman–Crippen MR) is 137 cm³/mol. The number of hydrogen-bond donors (Lipinski definition) is 0. The van der Waals surface area contributed by atoms with Gasteiger partial charge in [-0.2, -0.15) is 0 Å². The van der Waals surface area contributed by atoms with Crippen molar-refractivity contribution in [3.8, 4) is 28.8 Å². The standard InChI is InChI=1S/C29H20N4O4/c1-16-7-3-4-8-19(16)26-31-27-24-22(17-11-13-18(35-2)14-12-17)23-25(37-28(24)30-15-33(27)32-26)20-9-5-6-10-21(20)36-29(23)34/h3-15,22H,1-2H3. The van der Waals surface area contributed by atoms with E-state index < -0.39 is 11.5 Å². The molecule has 0 saturated carbocycles. The SMILES string of the molecule is COc1ccc(C2c3c(c4ccccc4oc3=O)Oc3ncn4nc(-c5ccccc5C)nc4c32)cc1. The second kappa shape index (κ2) is 8.03. The van der Waals surface area contributed by atoms with Gasteiger partial charge in [-0.05, 0) is 42.3 Å². The second-order valence-electron chi connectivity index (χ2n) is 8.92. The van der Waals surface area contributed by atoms with Crippen molar-refractivity contribution < 1.29 is 13.9 Å². The van der Waals surface area contributed by atoms with E-state index >= 15 is 0 Å². The van der Waals surface area contributed by atoms with Gasteiger partial charge in [0.1, 0.15) is 17.7 Å². The first-order valence-electron chi connectivity index (χ1n) is 11.8. The lowest BCUT2D eigenvalue weighted by molar-refractivity contribution is 0.414. The van der Waals surface area contributed by atoms with E-state index in [1.807, 2.05) is 73.7 Å². The van der Waals surface area contributed by atoms with E-state index in [1.54, 1.807) is 24.0 Å². The molecule has 0 spiro atoms. The number of aryl methyl sites for hydroxylation is 1. The molecule has 1 unspecified atom stereocenters. The lowest BCUT2D eigenvalue weighted by Gasteiger charge is -2.27. The molecule has 0 bridgehead atoms. The molecule has 1 aliphatic rings. The molecule has 3 aromatic carbocycles. The molecule has 3 aromatic heterocycles. The summed E-state index contributed by atoms with van der Waals surface area (Å²) in [7, 11) is 1.62. The van der Waals surface area contributed by atoms with Crippen molar-refractivity contribution >= 4 is 16.6 Å². The summed E-state index contributed by atoms with van der Waals surface area (Å²) in [4.78, 5) is 23.0. The van der Waals surface area contributed by atoms with Crippen LogP contribution in [0.5, 0.6) is 17.4 Å². The first kappa shape index (κ1) is 21.3. The summed E-state index contributed by atoms with van der Waals surface area (Å²) in [6, 6.07) is 22.9. The molecule has 0 saturated heterocycles. The topological polar surface area (TPSA) is 91.8 Å². The number of nitrogens with zero attached hydrogens (tertiary/aromatic N) is 4. The summed E-state index contributed by atoms with van der Waals surface area (Å²) in [6.07, 6.45) is 1.59. The zero-order chi connectivity index (χ0) is 25.1. The molecule has 0 aliphatic carbocycles. The molecule has 4 heterocycles. The van der Waals surface area contributed by atoms with E-state index in [1.165, 1.54) is 0 Å². The van der Waals surface area contributed by atoms with Gasteiger partial charge < -0.3 is 13.9 Å². The summed E-state index contributed by atoms with van der Waals surface area (Å²) in [6.45, 7) is 2.02. The molecule has 1 atom stereocenters. The number of benzene rings is 3. The van der Waals surface area contributed by atoms with Crippen molar-refractivity contribution in [2.45, 2.75) is 12.8 Å². The van der Waals surface area contributed by atoms with Gasteiger partial charge in [0.05, 0.1) is 29.5 Å². The first-order valence-corrected chi connectivity index (χ1v) is 11.8. The highest BCUT2D eigenvalue weighted by molar-refractivity contribution is 5.87. The Kier molecular flexibility index (Phi) is 4.62. The van der Waals surface area contributed by atoms with Crippen LogP contribution >= 0.6 is 0 Å². The maximum atomic E-state index is 13.5. The molecule has 0 amide bonds. The normalized spacial score (nSPS) is 14.3. The van der Waals surface area contributed by atoms with E-state index in [-0.39, 0.29) is 0 Å². The molecule has 0 fully saturated rings. The van der Waals surface area contributed by atoms with E-state index in [0.29, 0.717) is 50.9 Å². The maximum absolute atomic E-state index is 13.5. The number of hydrogen-bond acceptors (Lipinski definition) is 7. The van der Waals surface area contributed by atoms with Crippen LogP contribution in [-0.2, 0) is 0 Å². The van der Waals surface area contributed by atoms with Crippen LogP contribution in [0.25, 0.3) is 28.0 Å². The Morgan fingerprint density at radius 2 is 1.73 bits per heavy atom. The van der Waals surface area contributed by atoms with Crippen molar-refractivity contribution in [3.05, 3.63) is 112 Å². The summed E-state index contributed by atoms with van der Waals surface area (Å²) in [5, 5.41) is 5.40. The summed E-state index contributed by atoms with van der Waals surface area (Å²) >= 11 is 0. The van der Waals surface area contributed by atoms with Gasteiger partial charge in [0.15, 0.2) is 17.2 Å². The number of fused-ring (bicyclic) bond motifs is 6. The zero-order valence-corrected chi connectivity index (χ0v) is 20.0. The molecular weight excluding hydrogens is 468 g/mol. The molecule has 37 heavy (non-hydrogen) atoms. The van der Waals surface area contributed by atoms with Crippen molar-refractivity contribution in [2.75, 3.05) is 7.11 Å². The molecule has 0 N–H and O–H groups in total. The average Bonchev–Trinajstić information content (AvgIpc) is 3.37. The number of aromatic nitrogens is 4. The van der Waals surface area contributed by atoms with Gasteiger partial charge in [0.2, 0.25) is 5.88 Å². The van der Waals surface area contributed by atoms with Gasteiger partial charge in [0.25, 0.3) is 0 Å². The first-order chi connectivity index (χ1) is 18.1. The largest absolute Gasteiger partial charge is 0.497 e. The van der Waals surface area contributed by atoms with Crippen molar-refractivity contribution in [1.82, 2.24) is 19.6 Å². The number of para-hydroxylation sites is 1. The fourth-order valence-corrected chi connectivity index (χ4v) is 5.00. The van der Waals surface area contributed by atoms with Crippen LogP contribution in [0.4, 0.5) is 0 Å². The lowest BCUT2D eigenvalue weighted by atomic mass is 9.84. The van der Waals surface area contributed by atoms with Crippen LogP contribution < -0.4 is 15.1 Å². The quantitative estimate of drug-likeness (QED) is 0.303. The summed E-state index contributed by atoms with van der Waals surface area (Å²) in [5.74, 6) is 1.55. The molecular formula is C29H20N4O4. The second-order valence-corrected chi connectivity index (χ2v) is 8.92. The Hall–Kier alpha value is -4.98. The van der Waals surface area contributed by atoms with Gasteiger partial charge in [-0.3, -0.25) is 0 Å². The fourth-order valence-electron chi connectivity index (χ4n) is 5.00. The van der Waals surface area contributed by atoms with Crippen LogP contribution in [0.1, 0.15) is 28.2 Å². The Balaban J connectivity index is 1.54.